The fraction of sp³-hybridized carbons (Fsp3) is 0.417. The van der Waals surface area contributed by atoms with E-state index in [0.717, 1.165) is 40.1 Å². The number of benzene rings is 2. The number of fused-ring (bicyclic) bond motifs is 3. The molecule has 0 radical (unpaired) electrons. The van der Waals surface area contributed by atoms with Crippen LogP contribution in [0.3, 0.4) is 0 Å². The number of para-hydroxylation sites is 1. The number of rotatable bonds is 5. The summed E-state index contributed by atoms with van der Waals surface area (Å²) in [6.07, 6.45) is 3.48. The number of aliphatic hydroxyl groups is 1. The van der Waals surface area contributed by atoms with Gasteiger partial charge in [-0.3, -0.25) is 4.79 Å². The molecule has 3 fully saturated rings. The summed E-state index contributed by atoms with van der Waals surface area (Å²) in [6.45, 7) is 2.11. The molecule has 2 aromatic carbocycles. The fourth-order valence-corrected chi connectivity index (χ4v) is 6.21. The molecule has 1 saturated carbocycles. The molecular weight excluding hydrogens is 380 g/mol. The number of thiazole rings is 1. The van der Waals surface area contributed by atoms with Crippen LogP contribution in [0.15, 0.2) is 54.6 Å². The van der Waals surface area contributed by atoms with Crippen molar-refractivity contribution in [2.24, 2.45) is 0 Å². The van der Waals surface area contributed by atoms with Crippen molar-refractivity contribution in [1.29, 1.82) is 0 Å². The van der Waals surface area contributed by atoms with Gasteiger partial charge in [0.25, 0.3) is 0 Å². The molecule has 2 aliphatic heterocycles. The molecule has 2 atom stereocenters. The van der Waals surface area contributed by atoms with E-state index < -0.39 is 5.60 Å². The van der Waals surface area contributed by atoms with Crippen molar-refractivity contribution in [2.75, 3.05) is 0 Å². The van der Waals surface area contributed by atoms with E-state index in [9.17, 15) is 9.90 Å². The number of nitrogens with zero attached hydrogens (tertiary/aromatic N) is 2. The molecular formula is C24H26N2O2S. The summed E-state index contributed by atoms with van der Waals surface area (Å²) >= 11 is 1.68. The van der Waals surface area contributed by atoms with Crippen molar-refractivity contribution in [3.8, 4) is 0 Å². The van der Waals surface area contributed by atoms with Gasteiger partial charge in [0.1, 0.15) is 5.01 Å². The lowest BCUT2D eigenvalue weighted by atomic mass is 9.66. The maximum Gasteiger partial charge on any atom is 0.224 e. The smallest absolute Gasteiger partial charge is 0.224 e. The number of carbonyl (C=O) groups excluding carboxylic acids is 1. The zero-order chi connectivity index (χ0) is 20.0. The fourth-order valence-electron chi connectivity index (χ4n) is 5.12. The van der Waals surface area contributed by atoms with Crippen LogP contribution in [0.2, 0.25) is 0 Å². The lowest BCUT2D eigenvalue weighted by molar-refractivity contribution is -0.178. The standard InChI is InChI=1S/C24H26N2O2S/c1-2-17-13-24(28)14-18(15-24)26(17)22(27)12-19(16-8-4-3-5-9-16)23-25-20-10-6-7-11-21(20)29-23/h3-11,17-19,28H,2,12-15H2,1H3. The number of carbonyl (C=O) groups is 1. The van der Waals surface area contributed by atoms with Crippen molar-refractivity contribution in [3.05, 3.63) is 65.2 Å². The summed E-state index contributed by atoms with van der Waals surface area (Å²) in [5.74, 6) is 0.149. The third-order valence-corrected chi connectivity index (χ3v) is 7.73. The highest BCUT2D eigenvalue weighted by molar-refractivity contribution is 7.18. The molecule has 2 bridgehead atoms. The highest BCUT2D eigenvalue weighted by Gasteiger charge is 2.54. The Morgan fingerprint density at radius 1 is 1.17 bits per heavy atom. The first-order valence-corrected chi connectivity index (χ1v) is 11.3. The molecule has 4 nitrogen and oxygen atoms in total. The van der Waals surface area contributed by atoms with E-state index in [2.05, 4.69) is 30.0 Å². The molecule has 6 rings (SSSR count). The van der Waals surface area contributed by atoms with E-state index in [-0.39, 0.29) is 23.9 Å². The van der Waals surface area contributed by atoms with E-state index in [1.807, 2.05) is 36.4 Å². The van der Waals surface area contributed by atoms with Crippen LogP contribution in [0, 0.1) is 0 Å². The van der Waals surface area contributed by atoms with Crippen LogP contribution in [0.25, 0.3) is 10.2 Å². The van der Waals surface area contributed by atoms with Gasteiger partial charge in [-0.2, -0.15) is 0 Å². The van der Waals surface area contributed by atoms with Crippen LogP contribution in [0.5, 0.6) is 0 Å². The van der Waals surface area contributed by atoms with Crippen molar-refractivity contribution >= 4 is 27.5 Å². The van der Waals surface area contributed by atoms with Gasteiger partial charge in [-0.25, -0.2) is 4.98 Å². The van der Waals surface area contributed by atoms with Crippen LogP contribution in [0.4, 0.5) is 0 Å². The lowest BCUT2D eigenvalue weighted by Crippen LogP contribution is -2.67. The molecule has 1 aliphatic carbocycles. The first-order chi connectivity index (χ1) is 14.1. The number of piperidine rings is 2. The number of hydrogen-bond acceptors (Lipinski definition) is 4. The minimum absolute atomic E-state index is 0.0421. The minimum Gasteiger partial charge on any atom is -0.390 e. The van der Waals surface area contributed by atoms with Gasteiger partial charge in [-0.15, -0.1) is 11.3 Å². The van der Waals surface area contributed by atoms with Crippen molar-refractivity contribution < 1.29 is 9.90 Å². The van der Waals surface area contributed by atoms with Gasteiger partial charge in [-0.05, 0) is 43.4 Å². The van der Waals surface area contributed by atoms with Crippen LogP contribution in [-0.2, 0) is 4.79 Å². The Morgan fingerprint density at radius 2 is 1.90 bits per heavy atom. The van der Waals surface area contributed by atoms with Gasteiger partial charge < -0.3 is 10.0 Å². The Hall–Kier alpha value is -2.24. The van der Waals surface area contributed by atoms with Crippen molar-refractivity contribution in [3.63, 3.8) is 0 Å². The van der Waals surface area contributed by atoms with Crippen molar-refractivity contribution in [2.45, 2.75) is 62.6 Å². The van der Waals surface area contributed by atoms with Gasteiger partial charge in [0.05, 0.1) is 15.8 Å². The number of hydrogen-bond donors (Lipinski definition) is 1. The largest absolute Gasteiger partial charge is 0.390 e. The van der Waals surface area contributed by atoms with Crippen molar-refractivity contribution in [1.82, 2.24) is 9.88 Å². The SMILES string of the molecule is CCC1CC2(O)CC(C2)N1C(=O)CC(c1ccccc1)c1nc2ccccc2s1. The lowest BCUT2D eigenvalue weighted by Gasteiger charge is -2.58. The summed E-state index contributed by atoms with van der Waals surface area (Å²) in [6, 6.07) is 18.8. The third-order valence-electron chi connectivity index (χ3n) is 6.58. The highest BCUT2D eigenvalue weighted by Crippen LogP contribution is 2.47. The van der Waals surface area contributed by atoms with Gasteiger partial charge in [-0.1, -0.05) is 49.4 Å². The molecule has 3 heterocycles. The molecule has 5 heteroatoms. The third kappa shape index (κ3) is 3.36. The van der Waals surface area contributed by atoms with Crippen LogP contribution in [-0.4, -0.2) is 38.6 Å². The number of amides is 1. The van der Waals surface area contributed by atoms with Gasteiger partial charge in [0.2, 0.25) is 5.91 Å². The highest BCUT2D eigenvalue weighted by atomic mass is 32.1. The Balaban J connectivity index is 1.46. The summed E-state index contributed by atoms with van der Waals surface area (Å²) in [5, 5.41) is 11.5. The Bertz CT molecular complexity index is 993. The van der Waals surface area contributed by atoms with E-state index >= 15 is 0 Å². The van der Waals surface area contributed by atoms with E-state index in [0.29, 0.717) is 12.8 Å². The Kier molecular flexibility index (Phi) is 4.67. The molecule has 2 unspecified atom stereocenters. The summed E-state index contributed by atoms with van der Waals surface area (Å²) in [5.41, 5.74) is 1.60. The maximum atomic E-state index is 13.5. The first-order valence-electron chi connectivity index (χ1n) is 10.5. The number of aromatic nitrogens is 1. The normalized spacial score (nSPS) is 26.9. The Morgan fingerprint density at radius 3 is 2.62 bits per heavy atom. The predicted octanol–water partition coefficient (Wildman–Crippen LogP) is 4.72. The Labute approximate surface area is 175 Å². The van der Waals surface area contributed by atoms with Gasteiger partial charge in [0.15, 0.2) is 0 Å². The second kappa shape index (κ2) is 7.22. The zero-order valence-corrected chi connectivity index (χ0v) is 17.4. The molecule has 1 N–H and O–H groups in total. The average molecular weight is 407 g/mol. The average Bonchev–Trinajstić information content (AvgIpc) is 3.15. The first kappa shape index (κ1) is 18.8. The molecule has 150 valence electrons. The van der Waals surface area contributed by atoms with Crippen LogP contribution < -0.4 is 0 Å². The zero-order valence-electron chi connectivity index (χ0n) is 16.6. The minimum atomic E-state index is -0.534. The molecule has 3 aliphatic rings. The molecule has 3 aromatic rings. The summed E-state index contributed by atoms with van der Waals surface area (Å²) < 4.78 is 1.16. The summed E-state index contributed by atoms with van der Waals surface area (Å²) in [7, 11) is 0. The van der Waals surface area contributed by atoms with E-state index in [1.165, 1.54) is 0 Å². The molecule has 0 spiro atoms. The second-order valence-electron chi connectivity index (χ2n) is 8.54. The maximum absolute atomic E-state index is 13.5. The molecule has 29 heavy (non-hydrogen) atoms. The molecule has 2 saturated heterocycles. The van der Waals surface area contributed by atoms with Crippen LogP contribution >= 0.6 is 11.3 Å². The quantitative estimate of drug-likeness (QED) is 0.667. The van der Waals surface area contributed by atoms with Gasteiger partial charge >= 0.3 is 0 Å². The molecule has 1 aromatic heterocycles. The second-order valence-corrected chi connectivity index (χ2v) is 9.60. The van der Waals surface area contributed by atoms with E-state index in [4.69, 9.17) is 4.98 Å². The van der Waals surface area contributed by atoms with E-state index in [1.54, 1.807) is 11.3 Å². The molecule has 1 amide bonds. The van der Waals surface area contributed by atoms with Gasteiger partial charge in [0, 0.05) is 24.4 Å². The monoisotopic (exact) mass is 406 g/mol. The predicted molar refractivity (Wildman–Crippen MR) is 116 cm³/mol. The topological polar surface area (TPSA) is 53.4 Å². The van der Waals surface area contributed by atoms with Crippen LogP contribution in [0.1, 0.15) is 55.5 Å². The summed E-state index contributed by atoms with van der Waals surface area (Å²) in [4.78, 5) is 20.5.